The van der Waals surface area contributed by atoms with Crippen LogP contribution in [0.3, 0.4) is 0 Å². The number of hydrogen-bond donors (Lipinski definition) is 2. The van der Waals surface area contributed by atoms with Crippen LogP contribution in [0, 0.1) is 5.92 Å². The van der Waals surface area contributed by atoms with Crippen molar-refractivity contribution in [1.82, 2.24) is 19.9 Å². The lowest BCUT2D eigenvalue weighted by atomic mass is 9.77. The summed E-state index contributed by atoms with van der Waals surface area (Å²) in [5.41, 5.74) is 0.533. The van der Waals surface area contributed by atoms with Gasteiger partial charge in [-0.1, -0.05) is 25.4 Å². The molecule has 184 valence electrons. The van der Waals surface area contributed by atoms with E-state index in [0.29, 0.717) is 29.1 Å². The summed E-state index contributed by atoms with van der Waals surface area (Å²) in [6.45, 7) is 5.99. The summed E-state index contributed by atoms with van der Waals surface area (Å²) in [5.74, 6) is 2.93. The SMILES string of the molecule is CC(C)CC1Cc2nc(N3CCC(c4ncc(Cl)cn4)CC3)nc(NC3(CO)CCC3)c2S1=O. The lowest BCUT2D eigenvalue weighted by Gasteiger charge is -2.42. The average molecular weight is 505 g/mol. The van der Waals surface area contributed by atoms with Gasteiger partial charge in [0.1, 0.15) is 16.5 Å². The van der Waals surface area contributed by atoms with Gasteiger partial charge in [0.05, 0.1) is 33.7 Å². The number of piperidine rings is 1. The fraction of sp³-hybridized carbons (Fsp3) is 0.667. The van der Waals surface area contributed by atoms with Crippen LogP contribution >= 0.6 is 11.6 Å². The highest BCUT2D eigenvalue weighted by Crippen LogP contribution is 2.41. The Bertz CT molecular complexity index is 1050. The Morgan fingerprint density at radius 1 is 1.24 bits per heavy atom. The minimum absolute atomic E-state index is 0.0512. The minimum Gasteiger partial charge on any atom is -0.394 e. The molecule has 0 amide bonds. The van der Waals surface area contributed by atoms with Crippen LogP contribution in [0.25, 0.3) is 0 Å². The van der Waals surface area contributed by atoms with E-state index in [9.17, 15) is 9.32 Å². The molecule has 1 aliphatic carbocycles. The van der Waals surface area contributed by atoms with Crippen molar-refractivity contribution in [2.75, 3.05) is 29.9 Å². The lowest BCUT2D eigenvalue weighted by Crippen LogP contribution is -2.49. The van der Waals surface area contributed by atoms with Gasteiger partial charge in [-0.25, -0.2) is 15.0 Å². The third kappa shape index (κ3) is 4.66. The van der Waals surface area contributed by atoms with Gasteiger partial charge >= 0.3 is 0 Å². The zero-order chi connectivity index (χ0) is 23.9. The molecule has 10 heteroatoms. The Kier molecular flexibility index (Phi) is 6.79. The first-order valence-corrected chi connectivity index (χ1v) is 13.9. The number of aliphatic hydroxyl groups excluding tert-OH is 1. The summed E-state index contributed by atoms with van der Waals surface area (Å²) < 4.78 is 13.4. The maximum Gasteiger partial charge on any atom is 0.227 e. The van der Waals surface area contributed by atoms with Crippen LogP contribution in [0.1, 0.15) is 69.8 Å². The largest absolute Gasteiger partial charge is 0.394 e. The van der Waals surface area contributed by atoms with Gasteiger partial charge in [-0.05, 0) is 44.4 Å². The molecule has 1 saturated heterocycles. The molecule has 2 N–H and O–H groups in total. The number of aromatic nitrogens is 4. The fourth-order valence-corrected chi connectivity index (χ4v) is 7.21. The molecule has 2 unspecified atom stereocenters. The van der Waals surface area contributed by atoms with Crippen molar-refractivity contribution in [3.05, 3.63) is 28.9 Å². The van der Waals surface area contributed by atoms with Crippen molar-refractivity contribution in [1.29, 1.82) is 0 Å². The molecule has 8 nitrogen and oxygen atoms in total. The van der Waals surface area contributed by atoms with Crippen molar-refractivity contribution < 1.29 is 9.32 Å². The van der Waals surface area contributed by atoms with Gasteiger partial charge in [0, 0.05) is 43.1 Å². The Labute approximate surface area is 208 Å². The fourth-order valence-electron chi connectivity index (χ4n) is 5.26. The van der Waals surface area contributed by atoms with E-state index < -0.39 is 10.8 Å². The smallest absolute Gasteiger partial charge is 0.227 e. The number of hydrogen-bond acceptors (Lipinski definition) is 8. The van der Waals surface area contributed by atoms with E-state index in [1.165, 1.54) is 0 Å². The first kappa shape index (κ1) is 23.9. The van der Waals surface area contributed by atoms with E-state index in [4.69, 9.17) is 21.6 Å². The van der Waals surface area contributed by atoms with Gasteiger partial charge in [-0.2, -0.15) is 4.98 Å². The second-order valence-electron chi connectivity index (χ2n) is 10.3. The summed E-state index contributed by atoms with van der Waals surface area (Å²) in [5, 5.41) is 14.2. The average Bonchev–Trinajstić information content (AvgIpc) is 3.11. The van der Waals surface area contributed by atoms with Crippen molar-refractivity contribution in [2.24, 2.45) is 5.92 Å². The Morgan fingerprint density at radius 2 is 1.94 bits per heavy atom. The molecule has 0 spiro atoms. The van der Waals surface area contributed by atoms with Crippen LogP contribution in [0.4, 0.5) is 11.8 Å². The van der Waals surface area contributed by atoms with Gasteiger partial charge in [0.15, 0.2) is 0 Å². The number of nitrogens with one attached hydrogen (secondary N) is 1. The third-order valence-corrected chi connectivity index (χ3v) is 9.35. The molecule has 5 rings (SSSR count). The molecule has 0 bridgehead atoms. The predicted molar refractivity (Wildman–Crippen MR) is 134 cm³/mol. The van der Waals surface area contributed by atoms with E-state index >= 15 is 0 Å². The number of halogens is 1. The lowest BCUT2D eigenvalue weighted by molar-refractivity contribution is 0.143. The number of aliphatic hydroxyl groups is 1. The van der Waals surface area contributed by atoms with Crippen LogP contribution in [-0.2, 0) is 17.2 Å². The summed E-state index contributed by atoms with van der Waals surface area (Å²) in [4.78, 5) is 21.6. The van der Waals surface area contributed by atoms with Gasteiger partial charge < -0.3 is 15.3 Å². The number of nitrogens with zero attached hydrogens (tertiary/aromatic N) is 5. The van der Waals surface area contributed by atoms with Crippen LogP contribution in [0.2, 0.25) is 5.02 Å². The van der Waals surface area contributed by atoms with Gasteiger partial charge in [-0.3, -0.25) is 4.21 Å². The Hall–Kier alpha value is -1.84. The van der Waals surface area contributed by atoms with Crippen LogP contribution in [-0.4, -0.2) is 59.7 Å². The highest BCUT2D eigenvalue weighted by molar-refractivity contribution is 7.86. The summed E-state index contributed by atoms with van der Waals surface area (Å²) in [6, 6.07) is 0. The van der Waals surface area contributed by atoms with Gasteiger partial charge in [0.25, 0.3) is 0 Å². The molecular weight excluding hydrogens is 472 g/mol. The van der Waals surface area contributed by atoms with Crippen LogP contribution < -0.4 is 10.2 Å². The maximum atomic E-state index is 13.4. The topological polar surface area (TPSA) is 104 Å². The van der Waals surface area contributed by atoms with E-state index in [1.54, 1.807) is 12.4 Å². The molecule has 2 aliphatic heterocycles. The van der Waals surface area contributed by atoms with E-state index in [-0.39, 0.29) is 23.3 Å². The predicted octanol–water partition coefficient (Wildman–Crippen LogP) is 3.71. The third-order valence-electron chi connectivity index (χ3n) is 7.36. The van der Waals surface area contributed by atoms with E-state index in [1.807, 2.05) is 0 Å². The molecule has 2 aromatic rings. The zero-order valence-corrected chi connectivity index (χ0v) is 21.4. The number of anilines is 2. The molecule has 34 heavy (non-hydrogen) atoms. The molecule has 2 aromatic heterocycles. The molecule has 0 aromatic carbocycles. The molecule has 0 radical (unpaired) electrons. The zero-order valence-electron chi connectivity index (χ0n) is 19.8. The van der Waals surface area contributed by atoms with E-state index in [2.05, 4.69) is 34.0 Å². The van der Waals surface area contributed by atoms with Gasteiger partial charge in [0.2, 0.25) is 5.95 Å². The second kappa shape index (κ2) is 9.66. The standard InChI is InChI=1S/C24H33ClN6O2S/c1-15(2)10-18-11-19-20(34(18)33)22(30-24(14-32)6-3-7-24)29-23(28-19)31-8-4-16(5-9-31)21-26-12-17(25)13-27-21/h12-13,15-16,18,32H,3-11,14H2,1-2H3,(H,28,29,30). The van der Waals surface area contributed by atoms with Crippen LogP contribution in [0.15, 0.2) is 17.3 Å². The highest BCUT2D eigenvalue weighted by atomic mass is 35.5. The Morgan fingerprint density at radius 3 is 2.53 bits per heavy atom. The van der Waals surface area contributed by atoms with Crippen molar-refractivity contribution in [2.45, 2.75) is 80.4 Å². The summed E-state index contributed by atoms with van der Waals surface area (Å²) in [7, 11) is -1.14. The van der Waals surface area contributed by atoms with Crippen molar-refractivity contribution in [3.8, 4) is 0 Å². The first-order valence-electron chi connectivity index (χ1n) is 12.3. The molecular formula is C24H33ClN6O2S. The summed E-state index contributed by atoms with van der Waals surface area (Å²) >= 11 is 5.94. The molecule has 4 heterocycles. The Balaban J connectivity index is 1.39. The van der Waals surface area contributed by atoms with E-state index in [0.717, 1.165) is 68.0 Å². The van der Waals surface area contributed by atoms with Crippen molar-refractivity contribution >= 4 is 34.2 Å². The second-order valence-corrected chi connectivity index (χ2v) is 12.4. The van der Waals surface area contributed by atoms with Gasteiger partial charge in [-0.15, -0.1) is 0 Å². The number of rotatable bonds is 7. The number of fused-ring (bicyclic) bond motifs is 1. The first-order chi connectivity index (χ1) is 16.4. The minimum atomic E-state index is -1.14. The molecule has 1 saturated carbocycles. The highest BCUT2D eigenvalue weighted by Gasteiger charge is 2.41. The van der Waals surface area contributed by atoms with Crippen molar-refractivity contribution in [3.63, 3.8) is 0 Å². The molecule has 2 fully saturated rings. The summed E-state index contributed by atoms with van der Waals surface area (Å²) in [6.07, 6.45) is 9.61. The maximum absolute atomic E-state index is 13.4. The monoisotopic (exact) mass is 504 g/mol. The molecule has 2 atom stereocenters. The van der Waals surface area contributed by atoms with Crippen LogP contribution in [0.5, 0.6) is 0 Å². The quantitative estimate of drug-likeness (QED) is 0.588. The molecule has 3 aliphatic rings. The normalized spacial score (nSPS) is 24.2.